The lowest BCUT2D eigenvalue weighted by Crippen LogP contribution is -3.00. The molecule has 0 radical (unpaired) electrons. The van der Waals surface area contributed by atoms with Crippen molar-refractivity contribution in [2.75, 3.05) is 118 Å². The smallest absolute Gasteiger partial charge is 0.237 e. The van der Waals surface area contributed by atoms with Gasteiger partial charge in [0, 0.05) is 13.1 Å². The van der Waals surface area contributed by atoms with Gasteiger partial charge in [0.05, 0.1) is 65.4 Å². The minimum atomic E-state index is 0. The van der Waals surface area contributed by atoms with E-state index in [-0.39, 0.29) is 24.8 Å². The number of rotatable bonds is 6. The van der Waals surface area contributed by atoms with Crippen LogP contribution in [0.1, 0.15) is 35.8 Å². The Labute approximate surface area is 288 Å². The first-order chi connectivity index (χ1) is 21.5. The topological polar surface area (TPSA) is 47.1 Å². The summed E-state index contributed by atoms with van der Waals surface area (Å²) in [6, 6.07) is 21.6. The highest BCUT2D eigenvalue weighted by Crippen LogP contribution is 2.29. The molecule has 10 heteroatoms. The maximum absolute atomic E-state index is 13.2. The molecule has 0 aliphatic carbocycles. The Bertz CT molecular complexity index is 1170. The Morgan fingerprint density at radius 3 is 1.22 bits per heavy atom. The van der Waals surface area contributed by atoms with E-state index in [0.29, 0.717) is 36.7 Å². The normalized spacial score (nSPS) is 26.1. The molecule has 252 valence electrons. The lowest BCUT2D eigenvalue weighted by atomic mass is 9.99. The summed E-state index contributed by atoms with van der Waals surface area (Å²) in [7, 11) is 0. The lowest BCUT2D eigenvalue weighted by molar-refractivity contribution is -1.03. The third-order valence-electron chi connectivity index (χ3n) is 12.0. The Balaban J connectivity index is 0.00000208. The van der Waals surface area contributed by atoms with Crippen LogP contribution in [0.5, 0.6) is 0 Å². The number of carbonyl (C=O) groups is 2. The molecule has 0 saturated carbocycles. The second kappa shape index (κ2) is 15.3. The van der Waals surface area contributed by atoms with E-state index in [1.54, 1.807) is 0 Å². The van der Waals surface area contributed by atoms with E-state index in [2.05, 4.69) is 80.3 Å². The number of carbonyl (C=O) groups excluding carboxylic acids is 2. The standard InChI is InChI=1S/C36H52N6O2.2ClH/c43-35(29-37-13-11-33(27-37)31-7-3-1-4-8-31)39-15-19-41(20-16-39)23-25-42(26-24-41)21-17-40(18-22-42)36(44)30-38-14-12-34(28-38)32-9-5-2-6-10-32;;/h1-10,33-34H,11-30H2;2*1H/q+2;;/p-2. The zero-order chi connectivity index (χ0) is 30.0. The molecule has 8 nitrogen and oxygen atoms in total. The fourth-order valence-electron chi connectivity index (χ4n) is 8.77. The molecule has 5 fully saturated rings. The molecule has 7 rings (SSSR count). The molecule has 2 atom stereocenters. The molecular formula is C36H52Cl2N6O2. The highest BCUT2D eigenvalue weighted by atomic mass is 35.5. The van der Waals surface area contributed by atoms with Crippen molar-refractivity contribution in [1.29, 1.82) is 0 Å². The van der Waals surface area contributed by atoms with Gasteiger partial charge in [0.25, 0.3) is 0 Å². The van der Waals surface area contributed by atoms with Crippen molar-refractivity contribution in [2.45, 2.75) is 24.7 Å². The van der Waals surface area contributed by atoms with E-state index in [0.717, 1.165) is 91.4 Å². The van der Waals surface area contributed by atoms with Gasteiger partial charge >= 0.3 is 0 Å². The van der Waals surface area contributed by atoms with Crippen molar-refractivity contribution in [3.63, 3.8) is 0 Å². The van der Waals surface area contributed by atoms with Gasteiger partial charge in [0.2, 0.25) is 11.8 Å². The van der Waals surface area contributed by atoms with Crippen molar-refractivity contribution in [3.8, 4) is 0 Å². The van der Waals surface area contributed by atoms with Crippen LogP contribution in [0.25, 0.3) is 0 Å². The molecule has 5 aliphatic rings. The number of piperazine rings is 3. The number of nitrogens with zero attached hydrogens (tertiary/aromatic N) is 6. The lowest BCUT2D eigenvalue weighted by Gasteiger charge is -2.54. The van der Waals surface area contributed by atoms with E-state index in [1.807, 2.05) is 0 Å². The predicted molar refractivity (Wildman–Crippen MR) is 173 cm³/mol. The van der Waals surface area contributed by atoms with E-state index < -0.39 is 0 Å². The number of likely N-dealkylation sites (tertiary alicyclic amines) is 2. The van der Waals surface area contributed by atoms with Gasteiger partial charge in [0.1, 0.15) is 26.2 Å². The minimum absolute atomic E-state index is 0. The van der Waals surface area contributed by atoms with Crippen LogP contribution in [0.3, 0.4) is 0 Å². The monoisotopic (exact) mass is 670 g/mol. The zero-order valence-corrected chi connectivity index (χ0v) is 28.8. The molecule has 2 unspecified atom stereocenters. The van der Waals surface area contributed by atoms with Gasteiger partial charge in [-0.15, -0.1) is 0 Å². The molecule has 46 heavy (non-hydrogen) atoms. The largest absolute Gasteiger partial charge is 1.00 e. The highest BCUT2D eigenvalue weighted by molar-refractivity contribution is 5.78. The highest BCUT2D eigenvalue weighted by Gasteiger charge is 2.46. The number of quaternary nitrogens is 2. The number of hydrogen-bond acceptors (Lipinski definition) is 4. The average Bonchev–Trinajstić information content (AvgIpc) is 3.74. The molecule has 5 heterocycles. The summed E-state index contributed by atoms with van der Waals surface area (Å²) in [5.41, 5.74) is 2.81. The van der Waals surface area contributed by atoms with E-state index in [1.165, 1.54) is 46.3 Å². The molecule has 2 aromatic rings. The third kappa shape index (κ3) is 7.91. The second-order valence-electron chi connectivity index (χ2n) is 14.5. The number of halogens is 2. The van der Waals surface area contributed by atoms with E-state index in [4.69, 9.17) is 0 Å². The first-order valence-electron chi connectivity index (χ1n) is 17.3. The summed E-state index contributed by atoms with van der Waals surface area (Å²) in [6.07, 6.45) is 2.30. The van der Waals surface area contributed by atoms with Crippen LogP contribution < -0.4 is 24.8 Å². The Morgan fingerprint density at radius 2 is 0.870 bits per heavy atom. The molecule has 0 aromatic heterocycles. The summed E-state index contributed by atoms with van der Waals surface area (Å²) in [5.74, 6) is 1.76. The van der Waals surface area contributed by atoms with Gasteiger partial charge in [-0.2, -0.15) is 0 Å². The van der Waals surface area contributed by atoms with Crippen LogP contribution >= 0.6 is 0 Å². The maximum atomic E-state index is 13.2. The van der Waals surface area contributed by atoms with Gasteiger partial charge in [-0.1, -0.05) is 60.7 Å². The van der Waals surface area contributed by atoms with Crippen molar-refractivity contribution < 1.29 is 43.4 Å². The number of amides is 2. The van der Waals surface area contributed by atoms with Crippen LogP contribution in [-0.2, 0) is 9.59 Å². The van der Waals surface area contributed by atoms with Crippen molar-refractivity contribution in [2.24, 2.45) is 0 Å². The molecule has 2 spiro atoms. The van der Waals surface area contributed by atoms with E-state index >= 15 is 0 Å². The summed E-state index contributed by atoms with van der Waals surface area (Å²) in [4.78, 5) is 35.5. The fraction of sp³-hybridized carbons (Fsp3) is 0.611. The van der Waals surface area contributed by atoms with E-state index in [9.17, 15) is 9.59 Å². The SMILES string of the molecule is O=C(CN1CCC(c2ccccc2)C1)N1CC[N+]2(CC1)CC[N+]1(CCN(C(=O)CN3CCC(c4ccccc4)C3)CC1)CC2.[Cl-].[Cl-]. The summed E-state index contributed by atoms with van der Waals surface area (Å²) < 4.78 is 2.37. The number of hydrogen-bond donors (Lipinski definition) is 0. The van der Waals surface area contributed by atoms with Crippen LogP contribution in [-0.4, -0.2) is 158 Å². The van der Waals surface area contributed by atoms with Gasteiger partial charge in [-0.05, 0) is 48.9 Å². The summed E-state index contributed by atoms with van der Waals surface area (Å²) >= 11 is 0. The Kier molecular flexibility index (Phi) is 11.7. The van der Waals surface area contributed by atoms with Crippen LogP contribution in [0.2, 0.25) is 0 Å². The second-order valence-corrected chi connectivity index (χ2v) is 14.5. The molecule has 2 aromatic carbocycles. The van der Waals surface area contributed by atoms with Crippen LogP contribution in [0, 0.1) is 0 Å². The Morgan fingerprint density at radius 1 is 0.522 bits per heavy atom. The third-order valence-corrected chi connectivity index (χ3v) is 12.0. The average molecular weight is 672 g/mol. The van der Waals surface area contributed by atoms with Gasteiger partial charge in [0.15, 0.2) is 0 Å². The molecule has 2 amide bonds. The number of benzene rings is 2. The van der Waals surface area contributed by atoms with Crippen molar-refractivity contribution in [3.05, 3.63) is 71.8 Å². The van der Waals surface area contributed by atoms with Gasteiger partial charge in [-0.3, -0.25) is 19.4 Å². The minimum Gasteiger partial charge on any atom is -1.00 e. The quantitative estimate of drug-likeness (QED) is 0.297. The summed E-state index contributed by atoms with van der Waals surface area (Å²) in [6.45, 7) is 18.1. The molecule has 5 saturated heterocycles. The molecule has 0 N–H and O–H groups in total. The zero-order valence-electron chi connectivity index (χ0n) is 27.3. The fourth-order valence-corrected chi connectivity index (χ4v) is 8.77. The van der Waals surface area contributed by atoms with Gasteiger partial charge < -0.3 is 43.6 Å². The predicted octanol–water partition coefficient (Wildman–Crippen LogP) is -3.70. The molecule has 0 bridgehead atoms. The maximum Gasteiger partial charge on any atom is 0.237 e. The van der Waals surface area contributed by atoms with Crippen LogP contribution in [0.4, 0.5) is 0 Å². The van der Waals surface area contributed by atoms with Crippen LogP contribution in [0.15, 0.2) is 60.7 Å². The summed E-state index contributed by atoms with van der Waals surface area (Å²) in [5, 5.41) is 0. The first-order valence-corrected chi connectivity index (χ1v) is 17.3. The first kappa shape index (κ1) is 35.1. The van der Waals surface area contributed by atoms with Crippen molar-refractivity contribution >= 4 is 11.8 Å². The Hall–Kier alpha value is -2.20. The van der Waals surface area contributed by atoms with Crippen molar-refractivity contribution in [1.82, 2.24) is 19.6 Å². The molecular weight excluding hydrogens is 619 g/mol. The van der Waals surface area contributed by atoms with Gasteiger partial charge in [-0.25, -0.2) is 0 Å². The molecule has 5 aliphatic heterocycles.